The normalized spacial score (nSPS) is 21.7. The van der Waals surface area contributed by atoms with Gasteiger partial charge in [0.2, 0.25) is 17.7 Å². The van der Waals surface area contributed by atoms with E-state index < -0.39 is 18.1 Å². The van der Waals surface area contributed by atoms with Gasteiger partial charge in [0.05, 0.1) is 0 Å². The molecule has 3 saturated heterocycles. The van der Waals surface area contributed by atoms with Crippen molar-refractivity contribution in [2.45, 2.75) is 155 Å². The summed E-state index contributed by atoms with van der Waals surface area (Å²) >= 11 is 0. The van der Waals surface area contributed by atoms with E-state index in [1.54, 1.807) is 20.8 Å². The van der Waals surface area contributed by atoms with Crippen molar-refractivity contribution in [3.63, 3.8) is 0 Å². The number of rotatable bonds is 3. The van der Waals surface area contributed by atoms with Crippen molar-refractivity contribution in [2.24, 2.45) is 0 Å². The first-order chi connectivity index (χ1) is 31.3. The fraction of sp³-hybridized carbons (Fsp3) is 0.444. The Labute approximate surface area is 394 Å². The molecule has 0 spiro atoms. The fourth-order valence-corrected chi connectivity index (χ4v) is 9.98. The first-order valence-electron chi connectivity index (χ1n) is 23.2. The van der Waals surface area contributed by atoms with Gasteiger partial charge in [0, 0.05) is 53.4 Å². The molecule has 3 aromatic rings. The maximum absolute atomic E-state index is 14.3. The molecule has 3 atom stereocenters. The molecule has 0 aliphatic carbocycles. The summed E-state index contributed by atoms with van der Waals surface area (Å²) in [5.41, 5.74) is 9.38. The molecule has 6 amide bonds. The molecule has 0 saturated carbocycles. The zero-order valence-electron chi connectivity index (χ0n) is 40.5. The third-order valence-electron chi connectivity index (χ3n) is 13.5. The van der Waals surface area contributed by atoms with Crippen molar-refractivity contribution in [1.82, 2.24) is 30.7 Å². The minimum atomic E-state index is -0.512. The molecule has 3 aromatic carbocycles. The van der Waals surface area contributed by atoms with Gasteiger partial charge in [-0.25, -0.2) is 4.39 Å². The number of hydrogen-bond donors (Lipinski definition) is 3. The number of carbonyl (C=O) groups is 6. The quantitative estimate of drug-likeness (QED) is 0.241. The van der Waals surface area contributed by atoms with Crippen LogP contribution in [0.3, 0.4) is 0 Å². The minimum Gasteiger partial charge on any atom is -0.329 e. The molecule has 354 valence electrons. The Kier molecular flexibility index (Phi) is 13.1. The van der Waals surface area contributed by atoms with E-state index in [9.17, 15) is 33.2 Å². The van der Waals surface area contributed by atoms with Gasteiger partial charge in [-0.2, -0.15) is 0 Å². The molecule has 6 aliphatic rings. The number of hydrogen-bond acceptors (Lipinski definition) is 6. The Bertz CT molecular complexity index is 2510. The predicted octanol–water partition coefficient (Wildman–Crippen LogP) is 8.34. The molecule has 0 bridgehead atoms. The highest BCUT2D eigenvalue weighted by atomic mass is 19.1. The number of carbonyl (C=O) groups excluding carboxylic acids is 6. The summed E-state index contributed by atoms with van der Waals surface area (Å²) in [5, 5.41) is 8.24. The summed E-state index contributed by atoms with van der Waals surface area (Å²) in [7, 11) is 0. The Morgan fingerprint density at radius 2 is 0.836 bits per heavy atom. The van der Waals surface area contributed by atoms with Crippen LogP contribution in [-0.2, 0) is 50.3 Å². The van der Waals surface area contributed by atoms with Crippen LogP contribution >= 0.6 is 0 Å². The monoisotopic (exact) mass is 912 g/mol. The molecular formula is C54H65FN6O6. The molecule has 0 aromatic heterocycles. The standard InChI is InChI=1S/C18H21FN2O2.2C18H22N2O2/c1-10-5-6-15(16(22)20-10)21-9-11-7-14(19)13(18(2,3)4)8-12(11)17(21)23;2*1-11-8-9-15(16(21)19-11)20-10-13-12(17(20)22)6-5-7-14(13)18(2,3)4/h7-8,15H,1,5-6,9H2,2-4H3,(H,20,22);2*5-7,15H,1,8-10H2,2-4H3,(H,19,21). The molecule has 67 heavy (non-hydrogen) atoms. The van der Waals surface area contributed by atoms with Gasteiger partial charge in [0.15, 0.2) is 0 Å². The number of nitrogens with one attached hydrogen (secondary N) is 3. The van der Waals surface area contributed by atoms with Crippen LogP contribution in [0.25, 0.3) is 0 Å². The average Bonchev–Trinajstić information content (AvgIpc) is 3.86. The van der Waals surface area contributed by atoms with Crippen molar-refractivity contribution in [1.29, 1.82) is 0 Å². The highest BCUT2D eigenvalue weighted by Crippen LogP contribution is 2.38. The van der Waals surface area contributed by atoms with Crippen LogP contribution in [0.15, 0.2) is 85.4 Å². The van der Waals surface area contributed by atoms with E-state index in [2.05, 4.69) is 89.4 Å². The van der Waals surface area contributed by atoms with Crippen molar-refractivity contribution < 1.29 is 33.2 Å². The van der Waals surface area contributed by atoms with E-state index in [4.69, 9.17) is 0 Å². The maximum Gasteiger partial charge on any atom is 0.255 e. The molecule has 3 N–H and O–H groups in total. The lowest BCUT2D eigenvalue weighted by molar-refractivity contribution is -0.127. The summed E-state index contributed by atoms with van der Waals surface area (Å²) in [6, 6.07) is 13.6. The molecule has 9 rings (SSSR count). The van der Waals surface area contributed by atoms with Gasteiger partial charge in [-0.05, 0) is 112 Å². The van der Waals surface area contributed by atoms with Crippen LogP contribution in [0.2, 0.25) is 0 Å². The first kappa shape index (κ1) is 48.6. The second kappa shape index (κ2) is 18.0. The first-order valence-corrected chi connectivity index (χ1v) is 23.2. The number of amides is 6. The van der Waals surface area contributed by atoms with E-state index in [1.807, 2.05) is 45.0 Å². The van der Waals surface area contributed by atoms with Crippen LogP contribution in [-0.4, -0.2) is 68.3 Å². The molecule has 6 heterocycles. The number of allylic oxidation sites excluding steroid dienone is 3. The molecule has 6 aliphatic heterocycles. The van der Waals surface area contributed by atoms with Crippen LogP contribution in [0, 0.1) is 5.82 Å². The predicted molar refractivity (Wildman–Crippen MR) is 256 cm³/mol. The zero-order chi connectivity index (χ0) is 49.1. The number of benzene rings is 3. The lowest BCUT2D eigenvalue weighted by Gasteiger charge is -2.31. The van der Waals surface area contributed by atoms with E-state index >= 15 is 0 Å². The average molecular weight is 913 g/mol. The van der Waals surface area contributed by atoms with Gasteiger partial charge in [-0.3, -0.25) is 28.8 Å². The largest absolute Gasteiger partial charge is 0.329 e. The van der Waals surface area contributed by atoms with Crippen LogP contribution in [0.5, 0.6) is 0 Å². The highest BCUT2D eigenvalue weighted by molar-refractivity contribution is 6.03. The SMILES string of the molecule is C=C1CCC(N2Cc3c(cccc3C(C)(C)C)C2=O)C(=O)N1.C=C1CCC(N2Cc3c(cccc3C(C)(C)C)C2=O)C(=O)N1.C=C1CCC(N2Cc3cc(F)c(C(C)(C)C)cc3C2=O)C(=O)N1. The third-order valence-corrected chi connectivity index (χ3v) is 13.5. The summed E-state index contributed by atoms with van der Waals surface area (Å²) in [5.74, 6) is -1.00. The summed E-state index contributed by atoms with van der Waals surface area (Å²) in [6.07, 6.45) is 3.95. The van der Waals surface area contributed by atoms with E-state index in [0.717, 1.165) is 46.5 Å². The lowest BCUT2D eigenvalue weighted by Crippen LogP contribution is -2.49. The Hall–Kier alpha value is -6.37. The number of halogens is 1. The summed E-state index contributed by atoms with van der Waals surface area (Å²) < 4.78 is 14.3. The van der Waals surface area contributed by atoms with Crippen molar-refractivity contribution in [3.8, 4) is 0 Å². The van der Waals surface area contributed by atoms with Crippen LogP contribution in [0.4, 0.5) is 4.39 Å². The zero-order valence-corrected chi connectivity index (χ0v) is 40.5. The Morgan fingerprint density at radius 3 is 1.18 bits per heavy atom. The van der Waals surface area contributed by atoms with E-state index in [-0.39, 0.29) is 64.1 Å². The van der Waals surface area contributed by atoms with Gasteiger partial charge in [0.1, 0.15) is 23.9 Å². The van der Waals surface area contributed by atoms with Crippen molar-refractivity contribution in [2.75, 3.05) is 0 Å². The topological polar surface area (TPSA) is 148 Å². The minimum absolute atomic E-state index is 0.0231. The number of fused-ring (bicyclic) bond motifs is 3. The molecule has 13 heteroatoms. The van der Waals surface area contributed by atoms with Crippen LogP contribution in [0.1, 0.15) is 165 Å². The van der Waals surface area contributed by atoms with E-state index in [0.29, 0.717) is 61.2 Å². The van der Waals surface area contributed by atoms with Crippen molar-refractivity contribution in [3.05, 3.63) is 141 Å². The van der Waals surface area contributed by atoms with Crippen LogP contribution < -0.4 is 16.0 Å². The van der Waals surface area contributed by atoms with Gasteiger partial charge in [-0.1, -0.05) is 106 Å². The van der Waals surface area contributed by atoms with Gasteiger partial charge >= 0.3 is 0 Å². The highest BCUT2D eigenvalue weighted by Gasteiger charge is 2.42. The second-order valence-corrected chi connectivity index (χ2v) is 21.6. The molecular weight excluding hydrogens is 848 g/mol. The fourth-order valence-electron chi connectivity index (χ4n) is 9.98. The maximum atomic E-state index is 14.3. The van der Waals surface area contributed by atoms with Gasteiger partial charge < -0.3 is 30.7 Å². The molecule has 3 fully saturated rings. The summed E-state index contributed by atoms with van der Waals surface area (Å²) in [4.78, 5) is 79.7. The van der Waals surface area contributed by atoms with Gasteiger partial charge in [-0.15, -0.1) is 0 Å². The molecule has 12 nitrogen and oxygen atoms in total. The van der Waals surface area contributed by atoms with E-state index in [1.165, 1.54) is 17.2 Å². The summed E-state index contributed by atoms with van der Waals surface area (Å²) in [6.45, 7) is 31.3. The number of nitrogens with zero attached hydrogens (tertiary/aromatic N) is 3. The Morgan fingerprint density at radius 1 is 0.493 bits per heavy atom. The molecule has 3 unspecified atom stereocenters. The Balaban J connectivity index is 0.000000149. The third kappa shape index (κ3) is 9.74. The van der Waals surface area contributed by atoms with Crippen molar-refractivity contribution >= 4 is 35.4 Å². The number of piperidine rings is 3. The smallest absolute Gasteiger partial charge is 0.255 e. The lowest BCUT2D eigenvalue weighted by atomic mass is 9.83. The molecule has 0 radical (unpaired) electrons. The van der Waals surface area contributed by atoms with Gasteiger partial charge in [0.25, 0.3) is 17.7 Å². The second-order valence-electron chi connectivity index (χ2n) is 21.6.